The summed E-state index contributed by atoms with van der Waals surface area (Å²) in [4.78, 5) is 28.1. The van der Waals surface area contributed by atoms with Crippen molar-refractivity contribution in [2.45, 2.75) is 19.3 Å². The van der Waals surface area contributed by atoms with Gasteiger partial charge in [-0.05, 0) is 23.1 Å². The molecular weight excluding hydrogens is 308 g/mol. The third-order valence-corrected chi connectivity index (χ3v) is 4.52. The van der Waals surface area contributed by atoms with Gasteiger partial charge >= 0.3 is 11.9 Å². The van der Waals surface area contributed by atoms with Crippen LogP contribution >= 0.6 is 0 Å². The molecule has 24 heavy (non-hydrogen) atoms. The molecule has 124 valence electrons. The first-order valence-corrected chi connectivity index (χ1v) is 7.86. The van der Waals surface area contributed by atoms with E-state index in [0.717, 1.165) is 11.1 Å². The van der Waals surface area contributed by atoms with E-state index in [4.69, 9.17) is 9.99 Å². The smallest absolute Gasteiger partial charge is 0.349 e. The highest BCUT2D eigenvalue weighted by molar-refractivity contribution is 5.84. The van der Waals surface area contributed by atoms with Gasteiger partial charge in [0.2, 0.25) is 0 Å². The molecule has 0 spiro atoms. The minimum absolute atomic E-state index is 0.214. The fourth-order valence-electron chi connectivity index (χ4n) is 3.35. The number of cyclic esters (lactones) is 1. The van der Waals surface area contributed by atoms with E-state index < -0.39 is 17.8 Å². The Hall–Kier alpha value is -2.66. The van der Waals surface area contributed by atoms with E-state index in [1.807, 2.05) is 49.4 Å². The maximum absolute atomic E-state index is 12.3. The van der Waals surface area contributed by atoms with E-state index in [2.05, 4.69) is 4.89 Å². The molecule has 5 nitrogen and oxygen atoms in total. The Morgan fingerprint density at radius 3 is 2.75 bits per heavy atom. The number of hydrogen-bond acceptors (Lipinski definition) is 5. The molecule has 1 aliphatic heterocycles. The molecule has 0 saturated carbocycles. The molecule has 1 aromatic carbocycles. The van der Waals surface area contributed by atoms with Crippen LogP contribution in [0.4, 0.5) is 0 Å². The number of carbonyl (C=O) groups is 2. The van der Waals surface area contributed by atoms with Crippen LogP contribution in [0.5, 0.6) is 0 Å². The molecule has 0 aromatic heterocycles. The summed E-state index contributed by atoms with van der Waals surface area (Å²) in [6, 6.07) is 9.42. The second-order valence-electron chi connectivity index (χ2n) is 5.80. The largest absolute Gasteiger partial charge is 0.434 e. The number of allylic oxidation sites excluding steroid dienone is 4. The van der Waals surface area contributed by atoms with Gasteiger partial charge in [-0.15, -0.1) is 0 Å². The molecular formula is C19H18O5. The van der Waals surface area contributed by atoms with Gasteiger partial charge in [-0.2, -0.15) is 5.26 Å². The summed E-state index contributed by atoms with van der Waals surface area (Å²) in [6.45, 7) is 1.83. The van der Waals surface area contributed by atoms with Gasteiger partial charge in [0, 0.05) is 5.92 Å². The second kappa shape index (κ2) is 6.84. The van der Waals surface area contributed by atoms with Crippen molar-refractivity contribution in [2.24, 2.45) is 11.8 Å². The fourth-order valence-corrected chi connectivity index (χ4v) is 3.35. The maximum Gasteiger partial charge on any atom is 0.349 e. The molecule has 0 saturated heterocycles. The average Bonchev–Trinajstić information content (AvgIpc) is 2.62. The predicted octanol–water partition coefficient (Wildman–Crippen LogP) is 3.37. The van der Waals surface area contributed by atoms with Gasteiger partial charge in [0.05, 0.1) is 18.1 Å². The van der Waals surface area contributed by atoms with Gasteiger partial charge < -0.3 is 9.62 Å². The highest BCUT2D eigenvalue weighted by atomic mass is 17.1. The summed E-state index contributed by atoms with van der Waals surface area (Å²) in [7, 11) is 0. The van der Waals surface area contributed by atoms with Crippen molar-refractivity contribution < 1.29 is 24.5 Å². The summed E-state index contributed by atoms with van der Waals surface area (Å²) in [5.41, 5.74) is 2.34. The lowest BCUT2D eigenvalue weighted by Crippen LogP contribution is -2.31. The molecule has 0 amide bonds. The van der Waals surface area contributed by atoms with Crippen molar-refractivity contribution >= 4 is 11.9 Å². The Morgan fingerprint density at radius 2 is 2.08 bits per heavy atom. The van der Waals surface area contributed by atoms with E-state index in [0.29, 0.717) is 12.0 Å². The summed E-state index contributed by atoms with van der Waals surface area (Å²) >= 11 is 0. The van der Waals surface area contributed by atoms with Crippen LogP contribution in [0.25, 0.3) is 0 Å². The quantitative estimate of drug-likeness (QED) is 0.522. The third kappa shape index (κ3) is 2.78. The Kier molecular flexibility index (Phi) is 4.62. The van der Waals surface area contributed by atoms with Crippen LogP contribution in [-0.2, 0) is 19.2 Å². The van der Waals surface area contributed by atoms with E-state index in [-0.39, 0.29) is 11.9 Å². The molecule has 3 unspecified atom stereocenters. The van der Waals surface area contributed by atoms with Gasteiger partial charge in [0.1, 0.15) is 0 Å². The van der Waals surface area contributed by atoms with Gasteiger partial charge in [0.15, 0.2) is 0 Å². The van der Waals surface area contributed by atoms with Gasteiger partial charge in [0.25, 0.3) is 0 Å². The number of fused-ring (bicyclic) bond motifs is 1. The van der Waals surface area contributed by atoms with Gasteiger partial charge in [-0.3, -0.25) is 4.79 Å². The standard InChI is InChI=1S/C19H18O5/c1-2-13(18(20)24-22)14-9-6-10-15-16(14)11-23-19(21)17(15)12-7-4-3-5-8-12/h3-11,13,15,17,22H,2H2,1H3. The summed E-state index contributed by atoms with van der Waals surface area (Å²) in [6.07, 6.45) is 7.44. The Bertz CT molecular complexity index is 729. The topological polar surface area (TPSA) is 72.8 Å². The molecule has 3 rings (SSSR count). The first-order chi connectivity index (χ1) is 11.7. The van der Waals surface area contributed by atoms with E-state index in [1.165, 1.54) is 6.26 Å². The maximum atomic E-state index is 12.3. The zero-order valence-corrected chi connectivity index (χ0v) is 13.2. The molecule has 1 aliphatic carbocycles. The monoisotopic (exact) mass is 326 g/mol. The first kappa shape index (κ1) is 16.2. The highest BCUT2D eigenvalue weighted by Crippen LogP contribution is 2.43. The number of carbonyl (C=O) groups excluding carboxylic acids is 2. The Morgan fingerprint density at radius 1 is 1.33 bits per heavy atom. The van der Waals surface area contributed by atoms with E-state index in [9.17, 15) is 9.59 Å². The van der Waals surface area contributed by atoms with Crippen LogP contribution in [0.1, 0.15) is 24.8 Å². The van der Waals surface area contributed by atoms with Crippen molar-refractivity contribution in [2.75, 3.05) is 0 Å². The lowest BCUT2D eigenvalue weighted by molar-refractivity contribution is -0.237. The molecule has 2 aliphatic rings. The molecule has 1 aromatic rings. The fraction of sp³-hybridized carbons (Fsp3) is 0.263. The Balaban J connectivity index is 1.99. The number of benzene rings is 1. The van der Waals surface area contributed by atoms with E-state index >= 15 is 0 Å². The molecule has 0 radical (unpaired) electrons. The van der Waals surface area contributed by atoms with Crippen molar-refractivity contribution in [1.82, 2.24) is 0 Å². The molecule has 1 N–H and O–H groups in total. The summed E-state index contributed by atoms with van der Waals surface area (Å²) < 4.78 is 5.26. The van der Waals surface area contributed by atoms with Crippen LogP contribution < -0.4 is 0 Å². The highest BCUT2D eigenvalue weighted by Gasteiger charge is 2.40. The second-order valence-corrected chi connectivity index (χ2v) is 5.80. The molecule has 0 bridgehead atoms. The van der Waals surface area contributed by atoms with Gasteiger partial charge in [-0.25, -0.2) is 4.79 Å². The predicted molar refractivity (Wildman–Crippen MR) is 86.6 cm³/mol. The van der Waals surface area contributed by atoms with Crippen molar-refractivity contribution in [1.29, 1.82) is 0 Å². The molecule has 5 heteroatoms. The lowest BCUT2D eigenvalue weighted by Gasteiger charge is -2.33. The van der Waals surface area contributed by atoms with Crippen molar-refractivity contribution in [3.05, 3.63) is 71.5 Å². The van der Waals surface area contributed by atoms with Crippen molar-refractivity contribution in [3.63, 3.8) is 0 Å². The molecule has 3 atom stereocenters. The van der Waals surface area contributed by atoms with Crippen LogP contribution in [0.15, 0.2) is 66.0 Å². The minimum Gasteiger partial charge on any atom is -0.434 e. The van der Waals surface area contributed by atoms with E-state index in [1.54, 1.807) is 6.08 Å². The first-order valence-electron chi connectivity index (χ1n) is 7.86. The third-order valence-electron chi connectivity index (χ3n) is 4.52. The van der Waals surface area contributed by atoms with Gasteiger partial charge in [-0.1, -0.05) is 55.5 Å². The summed E-state index contributed by atoms with van der Waals surface area (Å²) in [5.74, 6) is -2.32. The molecule has 0 fully saturated rings. The number of rotatable bonds is 4. The number of esters is 1. The SMILES string of the molecule is CCC(C(=O)OO)C1=CC=CC2C1=COC(=O)C2c1ccccc1. The van der Waals surface area contributed by atoms with Crippen LogP contribution in [0.2, 0.25) is 0 Å². The Labute approximate surface area is 139 Å². The van der Waals surface area contributed by atoms with Crippen LogP contribution in [-0.4, -0.2) is 17.2 Å². The zero-order valence-electron chi connectivity index (χ0n) is 13.2. The minimum atomic E-state index is -0.716. The number of hydrogen-bond donors (Lipinski definition) is 1. The van der Waals surface area contributed by atoms with Crippen LogP contribution in [0.3, 0.4) is 0 Å². The number of ether oxygens (including phenoxy) is 1. The van der Waals surface area contributed by atoms with Crippen molar-refractivity contribution in [3.8, 4) is 0 Å². The average molecular weight is 326 g/mol. The normalized spacial score (nSPS) is 23.5. The van der Waals surface area contributed by atoms with Crippen LogP contribution in [0, 0.1) is 11.8 Å². The zero-order chi connectivity index (χ0) is 17.1. The summed E-state index contributed by atoms with van der Waals surface area (Å²) in [5, 5.41) is 8.74. The lowest BCUT2D eigenvalue weighted by atomic mass is 9.72. The molecule has 1 heterocycles.